The molecule has 0 bridgehead atoms. The van der Waals surface area contributed by atoms with E-state index in [4.69, 9.17) is 27.2 Å². The van der Waals surface area contributed by atoms with E-state index >= 15 is 0 Å². The Bertz CT molecular complexity index is 498. The molecule has 1 unspecified atom stereocenters. The summed E-state index contributed by atoms with van der Waals surface area (Å²) in [6, 6.07) is 0. The topological polar surface area (TPSA) is 108 Å². The van der Waals surface area contributed by atoms with Gasteiger partial charge in [0, 0.05) is 18.2 Å². The molecule has 8 heteroatoms. The quantitative estimate of drug-likeness (QED) is 0.417. The maximum absolute atomic E-state index is 11.6. The molecule has 7 nitrogen and oxygen atoms in total. The Morgan fingerprint density at radius 3 is 2.67 bits per heavy atom. The van der Waals surface area contributed by atoms with Crippen LogP contribution in [0.3, 0.4) is 0 Å². The molecule has 1 aliphatic heterocycles. The second kappa shape index (κ2) is 6.76. The van der Waals surface area contributed by atoms with Crippen LogP contribution in [0.5, 0.6) is 0 Å². The maximum atomic E-state index is 11.6. The van der Waals surface area contributed by atoms with E-state index in [-0.39, 0.29) is 5.69 Å². The Labute approximate surface area is 108 Å². The Kier molecular flexibility index (Phi) is 5.63. The van der Waals surface area contributed by atoms with Crippen LogP contribution >= 0.6 is 12.2 Å². The summed E-state index contributed by atoms with van der Waals surface area (Å²) in [4.78, 5) is 14.1. The van der Waals surface area contributed by atoms with Crippen molar-refractivity contribution in [3.63, 3.8) is 0 Å². The first kappa shape index (κ1) is 15.0. The van der Waals surface area contributed by atoms with Crippen molar-refractivity contribution < 1.29 is 20.1 Å². The van der Waals surface area contributed by atoms with Gasteiger partial charge in [-0.2, -0.15) is 0 Å². The molecule has 4 N–H and O–H groups in total. The third-order valence-electron chi connectivity index (χ3n) is 2.43. The number of aromatic amines is 1. The molecule has 2 heterocycles. The van der Waals surface area contributed by atoms with E-state index in [9.17, 15) is 9.90 Å². The highest BCUT2D eigenvalue weighted by Gasteiger charge is 2.25. The number of aliphatic hydroxyl groups is 3. The zero-order valence-electron chi connectivity index (χ0n) is 9.87. The average molecular weight is 276 g/mol. The summed E-state index contributed by atoms with van der Waals surface area (Å²) in [6.07, 6.45) is 1.67. The number of H-pyrrole nitrogens is 1. The summed E-state index contributed by atoms with van der Waals surface area (Å²) in [7, 11) is 0. The van der Waals surface area contributed by atoms with Gasteiger partial charge in [-0.15, -0.1) is 0 Å². The Morgan fingerprint density at radius 1 is 1.56 bits per heavy atom. The van der Waals surface area contributed by atoms with Gasteiger partial charge >= 0.3 is 5.69 Å². The molecule has 1 saturated heterocycles. The molecular weight excluding hydrogens is 260 g/mol. The number of ether oxygens (including phenoxy) is 1. The van der Waals surface area contributed by atoms with E-state index in [1.54, 1.807) is 6.20 Å². The van der Waals surface area contributed by atoms with Crippen molar-refractivity contribution in [3.05, 3.63) is 26.9 Å². The SMILES string of the molecule is Cc1cn(C2CC[C@@H](O)O2)c(=O)[nH]c1=S.OCO. The van der Waals surface area contributed by atoms with E-state index in [1.807, 2.05) is 6.92 Å². The van der Waals surface area contributed by atoms with Gasteiger partial charge in [-0.3, -0.25) is 9.55 Å². The number of nitrogens with one attached hydrogen (secondary N) is 1. The number of hydrogen-bond acceptors (Lipinski definition) is 6. The third-order valence-corrected chi connectivity index (χ3v) is 2.85. The zero-order valence-corrected chi connectivity index (χ0v) is 10.7. The van der Waals surface area contributed by atoms with Crippen LogP contribution in [0.2, 0.25) is 0 Å². The number of aliphatic hydroxyl groups excluding tert-OH is 2. The molecule has 102 valence electrons. The number of aryl methyl sites for hydroxylation is 1. The highest BCUT2D eigenvalue weighted by molar-refractivity contribution is 7.71. The molecule has 18 heavy (non-hydrogen) atoms. The van der Waals surface area contributed by atoms with Gasteiger partial charge in [0.25, 0.3) is 0 Å². The van der Waals surface area contributed by atoms with Gasteiger partial charge in [-0.25, -0.2) is 4.79 Å². The molecular formula is C10H16N2O5S. The summed E-state index contributed by atoms with van der Waals surface area (Å²) >= 11 is 4.94. The van der Waals surface area contributed by atoms with Crippen molar-refractivity contribution in [2.75, 3.05) is 6.79 Å². The Balaban J connectivity index is 0.000000492. The first-order valence-corrected chi connectivity index (χ1v) is 5.77. The lowest BCUT2D eigenvalue weighted by Crippen LogP contribution is -2.27. The van der Waals surface area contributed by atoms with Gasteiger partial charge in [0.05, 0.1) is 0 Å². The maximum Gasteiger partial charge on any atom is 0.328 e. The number of rotatable bonds is 1. The van der Waals surface area contributed by atoms with Crippen LogP contribution in [0.1, 0.15) is 24.6 Å². The van der Waals surface area contributed by atoms with Gasteiger partial charge in [0.15, 0.2) is 6.29 Å². The average Bonchev–Trinajstić information content (AvgIpc) is 2.71. The van der Waals surface area contributed by atoms with Gasteiger partial charge in [-0.05, 0) is 13.3 Å². The number of nitrogens with zero attached hydrogens (tertiary/aromatic N) is 1. The lowest BCUT2D eigenvalue weighted by Gasteiger charge is -2.13. The second-order valence-electron chi connectivity index (χ2n) is 3.74. The fourth-order valence-electron chi connectivity index (χ4n) is 1.61. The van der Waals surface area contributed by atoms with E-state index in [2.05, 4.69) is 4.98 Å². The van der Waals surface area contributed by atoms with E-state index < -0.39 is 19.3 Å². The van der Waals surface area contributed by atoms with Crippen LogP contribution in [-0.2, 0) is 4.74 Å². The molecule has 0 amide bonds. The minimum Gasteiger partial charge on any atom is -0.371 e. The largest absolute Gasteiger partial charge is 0.371 e. The fraction of sp³-hybridized carbons (Fsp3) is 0.600. The van der Waals surface area contributed by atoms with E-state index in [0.717, 1.165) is 5.56 Å². The minimum absolute atomic E-state index is 0.301. The summed E-state index contributed by atoms with van der Waals surface area (Å²) in [5.41, 5.74) is 0.513. The first-order chi connectivity index (χ1) is 8.49. The molecule has 1 aromatic rings. The van der Waals surface area contributed by atoms with Crippen molar-refractivity contribution in [2.45, 2.75) is 32.3 Å². The van der Waals surface area contributed by atoms with Crippen molar-refractivity contribution in [3.8, 4) is 0 Å². The number of hydrogen-bond donors (Lipinski definition) is 4. The van der Waals surface area contributed by atoms with E-state index in [0.29, 0.717) is 17.5 Å². The van der Waals surface area contributed by atoms with Crippen LogP contribution < -0.4 is 5.69 Å². The lowest BCUT2D eigenvalue weighted by molar-refractivity contribution is -0.113. The van der Waals surface area contributed by atoms with Crippen LogP contribution in [0, 0.1) is 11.6 Å². The molecule has 2 atom stereocenters. The standard InChI is InChI=1S/C9H12N2O3S.CH4O2/c1-5-4-11(9(13)10-8(5)15)6-2-3-7(12)14-6;2-1-3/h4,6-7,12H,2-3H2,1H3,(H,10,13,15);2-3H,1H2/t6?,7-;/m0./s1. The molecule has 2 rings (SSSR count). The minimum atomic E-state index is -0.773. The highest BCUT2D eigenvalue weighted by atomic mass is 32.1. The third kappa shape index (κ3) is 3.72. The summed E-state index contributed by atoms with van der Waals surface area (Å²) in [5.74, 6) is 0. The van der Waals surface area contributed by atoms with Gasteiger partial charge in [0.1, 0.15) is 17.7 Å². The van der Waals surface area contributed by atoms with Crippen LogP contribution in [-0.4, -0.2) is 38.0 Å². The van der Waals surface area contributed by atoms with Crippen LogP contribution in [0.25, 0.3) is 0 Å². The predicted molar refractivity (Wildman–Crippen MR) is 65.3 cm³/mol. The van der Waals surface area contributed by atoms with Crippen LogP contribution in [0.4, 0.5) is 0 Å². The monoisotopic (exact) mass is 276 g/mol. The van der Waals surface area contributed by atoms with Gasteiger partial charge < -0.3 is 20.1 Å². The summed E-state index contributed by atoms with van der Waals surface area (Å²) < 4.78 is 7.06. The second-order valence-corrected chi connectivity index (χ2v) is 4.15. The molecule has 0 spiro atoms. The van der Waals surface area contributed by atoms with Crippen molar-refractivity contribution in [1.29, 1.82) is 0 Å². The molecule has 0 radical (unpaired) electrons. The van der Waals surface area contributed by atoms with Crippen molar-refractivity contribution >= 4 is 12.2 Å². The van der Waals surface area contributed by atoms with Crippen LogP contribution in [0.15, 0.2) is 11.0 Å². The highest BCUT2D eigenvalue weighted by Crippen LogP contribution is 2.25. The van der Waals surface area contributed by atoms with Crippen molar-refractivity contribution in [1.82, 2.24) is 9.55 Å². The van der Waals surface area contributed by atoms with Gasteiger partial charge in [-0.1, -0.05) is 12.2 Å². The van der Waals surface area contributed by atoms with E-state index in [1.165, 1.54) is 4.57 Å². The molecule has 0 aliphatic carbocycles. The zero-order chi connectivity index (χ0) is 13.7. The lowest BCUT2D eigenvalue weighted by atomic mass is 10.3. The Hall–Kier alpha value is -1.06. The predicted octanol–water partition coefficient (Wildman–Crippen LogP) is -0.230. The number of aromatic nitrogens is 2. The molecule has 1 aromatic heterocycles. The first-order valence-electron chi connectivity index (χ1n) is 5.37. The smallest absolute Gasteiger partial charge is 0.328 e. The molecule has 1 aliphatic rings. The van der Waals surface area contributed by atoms with Gasteiger partial charge in [0.2, 0.25) is 0 Å². The fourth-order valence-corrected chi connectivity index (χ4v) is 1.75. The van der Waals surface area contributed by atoms with Crippen molar-refractivity contribution in [2.24, 2.45) is 0 Å². The molecule has 1 fully saturated rings. The Morgan fingerprint density at radius 2 is 2.17 bits per heavy atom. The summed E-state index contributed by atoms with van der Waals surface area (Å²) in [6.45, 7) is 1.07. The summed E-state index contributed by atoms with van der Waals surface area (Å²) in [5, 5.41) is 23.5. The molecule has 0 aromatic carbocycles. The molecule has 0 saturated carbocycles. The normalized spacial score (nSPS) is 22.4.